The summed E-state index contributed by atoms with van der Waals surface area (Å²) >= 11 is 0. The number of hydrogen-bond donors (Lipinski definition) is 2. The molecule has 7 nitrogen and oxygen atoms in total. The normalized spacial score (nSPS) is 11.6. The number of carbonyl (C=O) groups excluding carboxylic acids is 1. The van der Waals surface area contributed by atoms with Gasteiger partial charge in [-0.3, -0.25) is 4.79 Å². The highest BCUT2D eigenvalue weighted by Crippen LogP contribution is 2.34. The number of nitrogens with one attached hydrogen (secondary N) is 1. The lowest BCUT2D eigenvalue weighted by atomic mass is 9.95. The van der Waals surface area contributed by atoms with E-state index in [2.05, 4.69) is 15.3 Å². The first kappa shape index (κ1) is 23.8. The molecule has 1 aromatic heterocycles. The number of hydrogen-bond acceptors (Lipinski definition) is 4. The maximum atomic E-state index is 13.3. The second kappa shape index (κ2) is 9.97. The van der Waals surface area contributed by atoms with Crippen molar-refractivity contribution in [1.29, 1.82) is 0 Å². The monoisotopic (exact) mass is 488 g/mol. The van der Waals surface area contributed by atoms with Crippen molar-refractivity contribution in [3.8, 4) is 11.4 Å². The van der Waals surface area contributed by atoms with E-state index in [1.165, 1.54) is 4.68 Å². The number of amides is 1. The first-order valence-electron chi connectivity index (χ1n) is 11.7. The van der Waals surface area contributed by atoms with E-state index >= 15 is 0 Å². The highest BCUT2D eigenvalue weighted by molar-refractivity contribution is 6.03. The fourth-order valence-electron chi connectivity index (χ4n) is 4.42. The minimum atomic E-state index is -0.906. The summed E-state index contributed by atoms with van der Waals surface area (Å²) in [5.74, 6) is 0.386. The molecular formula is C30H24N4O3. The van der Waals surface area contributed by atoms with Crippen LogP contribution in [-0.2, 0) is 0 Å². The number of rotatable bonds is 6. The van der Waals surface area contributed by atoms with E-state index in [9.17, 15) is 9.90 Å². The topological polar surface area (TPSA) is 80.7 Å². The molecular weight excluding hydrogens is 464 g/mol. The SMILES string of the molecule is [C-]#[N+]c1cccc(-n2nc(C)cc2C(=O)Nc2cccc(C(O)c3ccc(OC)c4ccccc34)c2)c1. The number of carbonyl (C=O) groups is 1. The van der Waals surface area contributed by atoms with Crippen molar-refractivity contribution < 1.29 is 14.6 Å². The number of anilines is 1. The highest BCUT2D eigenvalue weighted by Gasteiger charge is 2.19. The quantitative estimate of drug-likeness (QED) is 0.278. The number of benzene rings is 4. The first-order chi connectivity index (χ1) is 18.0. The number of aromatic nitrogens is 2. The third kappa shape index (κ3) is 4.66. The van der Waals surface area contributed by atoms with Crippen molar-refractivity contribution in [3.05, 3.63) is 125 Å². The van der Waals surface area contributed by atoms with Gasteiger partial charge in [0.1, 0.15) is 17.5 Å². The van der Waals surface area contributed by atoms with Crippen LogP contribution in [0.4, 0.5) is 11.4 Å². The number of aliphatic hydroxyl groups excluding tert-OH is 1. The van der Waals surface area contributed by atoms with Crippen molar-refractivity contribution in [1.82, 2.24) is 9.78 Å². The molecule has 1 atom stereocenters. The van der Waals surface area contributed by atoms with Crippen LogP contribution in [0.5, 0.6) is 5.75 Å². The van der Waals surface area contributed by atoms with Gasteiger partial charge in [-0.2, -0.15) is 5.10 Å². The predicted molar refractivity (Wildman–Crippen MR) is 144 cm³/mol. The molecule has 5 aromatic rings. The molecule has 0 aliphatic heterocycles. The van der Waals surface area contributed by atoms with Crippen LogP contribution in [0.25, 0.3) is 21.3 Å². The molecule has 0 saturated carbocycles. The van der Waals surface area contributed by atoms with Crippen molar-refractivity contribution in [2.75, 3.05) is 12.4 Å². The fourth-order valence-corrected chi connectivity index (χ4v) is 4.42. The van der Waals surface area contributed by atoms with Crippen LogP contribution in [0.15, 0.2) is 91.0 Å². The van der Waals surface area contributed by atoms with Gasteiger partial charge in [0.2, 0.25) is 0 Å². The second-order valence-electron chi connectivity index (χ2n) is 8.60. The van der Waals surface area contributed by atoms with Crippen molar-refractivity contribution in [2.45, 2.75) is 13.0 Å². The Bertz CT molecular complexity index is 1670. The Kier molecular flexibility index (Phi) is 6.42. The molecule has 0 saturated heterocycles. The van der Waals surface area contributed by atoms with Gasteiger partial charge in [-0.1, -0.05) is 54.6 Å². The van der Waals surface area contributed by atoms with Gasteiger partial charge < -0.3 is 15.2 Å². The van der Waals surface area contributed by atoms with Gasteiger partial charge in [-0.25, -0.2) is 9.53 Å². The van der Waals surface area contributed by atoms with E-state index in [0.717, 1.165) is 22.1 Å². The summed E-state index contributed by atoms with van der Waals surface area (Å²) < 4.78 is 7.01. The molecule has 5 rings (SSSR count). The molecule has 0 fully saturated rings. The van der Waals surface area contributed by atoms with E-state index < -0.39 is 6.10 Å². The minimum absolute atomic E-state index is 0.340. The molecule has 0 aliphatic carbocycles. The number of nitrogens with zero attached hydrogens (tertiary/aromatic N) is 3. The minimum Gasteiger partial charge on any atom is -0.496 e. The Morgan fingerprint density at radius 3 is 2.57 bits per heavy atom. The van der Waals surface area contributed by atoms with Crippen LogP contribution in [0.2, 0.25) is 0 Å². The van der Waals surface area contributed by atoms with Gasteiger partial charge in [0.25, 0.3) is 5.91 Å². The average molecular weight is 489 g/mol. The van der Waals surface area contributed by atoms with Crippen LogP contribution in [0.1, 0.15) is 33.4 Å². The Hall–Kier alpha value is -4.93. The number of methoxy groups -OCH3 is 1. The number of aryl methyl sites for hydroxylation is 1. The van der Waals surface area contributed by atoms with Crippen LogP contribution < -0.4 is 10.1 Å². The zero-order valence-corrected chi connectivity index (χ0v) is 20.3. The molecule has 1 unspecified atom stereocenters. The van der Waals surface area contributed by atoms with E-state index in [1.807, 2.05) is 49.4 Å². The molecule has 182 valence electrons. The lowest BCUT2D eigenvalue weighted by Gasteiger charge is -2.17. The van der Waals surface area contributed by atoms with Gasteiger partial charge in [0.05, 0.1) is 25.1 Å². The lowest BCUT2D eigenvalue weighted by molar-refractivity contribution is 0.101. The van der Waals surface area contributed by atoms with Gasteiger partial charge in [0.15, 0.2) is 5.69 Å². The van der Waals surface area contributed by atoms with Crippen LogP contribution in [-0.4, -0.2) is 27.9 Å². The molecule has 0 bridgehead atoms. The number of aliphatic hydroxyl groups is 1. The van der Waals surface area contributed by atoms with Crippen LogP contribution >= 0.6 is 0 Å². The summed E-state index contributed by atoms with van der Waals surface area (Å²) in [6.45, 7) is 9.07. The molecule has 1 amide bonds. The Morgan fingerprint density at radius 1 is 1.00 bits per heavy atom. The van der Waals surface area contributed by atoms with Gasteiger partial charge in [-0.05, 0) is 59.8 Å². The Labute approximate surface area is 214 Å². The average Bonchev–Trinajstić information content (AvgIpc) is 3.34. The van der Waals surface area contributed by atoms with E-state index in [-0.39, 0.29) is 5.91 Å². The molecule has 0 aliphatic rings. The van der Waals surface area contributed by atoms with Crippen molar-refractivity contribution in [2.24, 2.45) is 0 Å². The number of ether oxygens (including phenoxy) is 1. The molecule has 0 spiro atoms. The molecule has 0 radical (unpaired) electrons. The molecule has 4 aromatic carbocycles. The molecule has 1 heterocycles. The zero-order valence-electron chi connectivity index (χ0n) is 20.3. The molecule has 7 heteroatoms. The van der Waals surface area contributed by atoms with Gasteiger partial charge in [-0.15, -0.1) is 0 Å². The highest BCUT2D eigenvalue weighted by atomic mass is 16.5. The number of fused-ring (bicyclic) bond motifs is 1. The summed E-state index contributed by atoms with van der Waals surface area (Å²) in [5.41, 5.74) is 4.03. The van der Waals surface area contributed by atoms with Crippen LogP contribution in [0.3, 0.4) is 0 Å². The summed E-state index contributed by atoms with van der Waals surface area (Å²) in [5, 5.41) is 20.5. The summed E-state index contributed by atoms with van der Waals surface area (Å²) in [7, 11) is 1.62. The second-order valence-corrected chi connectivity index (χ2v) is 8.60. The summed E-state index contributed by atoms with van der Waals surface area (Å²) in [6.07, 6.45) is -0.906. The standard InChI is InChI=1S/C30H24N4O3/c1-19-16-27(34(33-19)23-11-7-9-21(18-23)31-2)30(36)32-22-10-6-8-20(17-22)29(35)26-14-15-28(37-3)25-13-5-4-12-24(25)26/h4-18,29,35H,1,3H3,(H,32,36). The first-order valence-corrected chi connectivity index (χ1v) is 11.7. The van der Waals surface area contributed by atoms with Gasteiger partial charge >= 0.3 is 0 Å². The van der Waals surface area contributed by atoms with E-state index in [1.54, 1.807) is 55.6 Å². The summed E-state index contributed by atoms with van der Waals surface area (Å²) in [4.78, 5) is 16.7. The molecule has 37 heavy (non-hydrogen) atoms. The summed E-state index contributed by atoms with van der Waals surface area (Å²) in [6, 6.07) is 27.3. The third-order valence-corrected chi connectivity index (χ3v) is 6.16. The predicted octanol–water partition coefficient (Wildman–Crippen LogP) is 6.23. The van der Waals surface area contributed by atoms with E-state index in [4.69, 9.17) is 11.3 Å². The third-order valence-electron chi connectivity index (χ3n) is 6.16. The maximum Gasteiger partial charge on any atom is 0.274 e. The van der Waals surface area contributed by atoms with Gasteiger partial charge in [0, 0.05) is 11.1 Å². The maximum absolute atomic E-state index is 13.3. The lowest BCUT2D eigenvalue weighted by Crippen LogP contribution is -2.17. The Balaban J connectivity index is 1.44. The van der Waals surface area contributed by atoms with Crippen molar-refractivity contribution in [3.63, 3.8) is 0 Å². The Morgan fingerprint density at radius 2 is 1.78 bits per heavy atom. The fraction of sp³-hybridized carbons (Fsp3) is 0.100. The van der Waals surface area contributed by atoms with Crippen LogP contribution in [0, 0.1) is 13.5 Å². The van der Waals surface area contributed by atoms with E-state index in [0.29, 0.717) is 34.0 Å². The largest absolute Gasteiger partial charge is 0.496 e. The smallest absolute Gasteiger partial charge is 0.274 e. The zero-order chi connectivity index (χ0) is 25.9. The van der Waals surface area contributed by atoms with Crippen molar-refractivity contribution >= 4 is 28.1 Å². The molecule has 2 N–H and O–H groups in total.